The van der Waals surface area contributed by atoms with Crippen LogP contribution in [0.25, 0.3) is 0 Å². The number of aryl methyl sites for hydroxylation is 3. The summed E-state index contributed by atoms with van der Waals surface area (Å²) in [5.74, 6) is -0.927. The van der Waals surface area contributed by atoms with Crippen LogP contribution in [0.1, 0.15) is 34.0 Å². The minimum absolute atomic E-state index is 0.0610. The van der Waals surface area contributed by atoms with Crippen molar-refractivity contribution in [1.29, 1.82) is 0 Å². The largest absolute Gasteiger partial charge is 0.321 e. The number of hydrogen-bond acceptors (Lipinski definition) is 1. The summed E-state index contributed by atoms with van der Waals surface area (Å²) in [5, 5.41) is 2.81. The number of amides is 1. The Hall–Kier alpha value is -2.16. The Morgan fingerprint density at radius 3 is 2.30 bits per heavy atom. The zero-order valence-corrected chi connectivity index (χ0v) is 12.0. The lowest BCUT2D eigenvalue weighted by Gasteiger charge is -2.13. The molecule has 20 heavy (non-hydrogen) atoms. The minimum Gasteiger partial charge on any atom is -0.321 e. The predicted octanol–water partition coefficient (Wildman–Crippen LogP) is 4.26. The van der Waals surface area contributed by atoms with Crippen molar-refractivity contribution in [3.63, 3.8) is 0 Å². The van der Waals surface area contributed by atoms with Gasteiger partial charge in [0.25, 0.3) is 5.91 Å². The van der Waals surface area contributed by atoms with E-state index >= 15 is 0 Å². The first kappa shape index (κ1) is 14.3. The van der Waals surface area contributed by atoms with E-state index in [9.17, 15) is 9.18 Å². The maximum absolute atomic E-state index is 13.6. The Bertz CT molecular complexity index is 626. The van der Waals surface area contributed by atoms with Crippen LogP contribution in [0, 0.1) is 19.7 Å². The second kappa shape index (κ2) is 5.87. The monoisotopic (exact) mass is 271 g/mol. The Labute approximate surface area is 118 Å². The molecule has 2 aromatic rings. The highest BCUT2D eigenvalue weighted by Gasteiger charge is 2.13. The van der Waals surface area contributed by atoms with E-state index in [0.717, 1.165) is 23.2 Å². The Morgan fingerprint density at radius 2 is 1.75 bits per heavy atom. The number of anilines is 1. The second-order valence-electron chi connectivity index (χ2n) is 4.89. The van der Waals surface area contributed by atoms with Crippen molar-refractivity contribution in [3.05, 3.63) is 64.5 Å². The third kappa shape index (κ3) is 2.87. The number of carbonyl (C=O) groups excluding carboxylic acids is 1. The van der Waals surface area contributed by atoms with Crippen molar-refractivity contribution in [2.24, 2.45) is 0 Å². The molecule has 104 valence electrons. The highest BCUT2D eigenvalue weighted by atomic mass is 19.1. The zero-order valence-electron chi connectivity index (χ0n) is 12.0. The van der Waals surface area contributed by atoms with Gasteiger partial charge in [0.1, 0.15) is 5.82 Å². The van der Waals surface area contributed by atoms with Gasteiger partial charge >= 0.3 is 0 Å². The van der Waals surface area contributed by atoms with Crippen LogP contribution in [0.5, 0.6) is 0 Å². The summed E-state index contributed by atoms with van der Waals surface area (Å²) >= 11 is 0. The molecule has 2 aromatic carbocycles. The van der Waals surface area contributed by atoms with Gasteiger partial charge in [0.15, 0.2) is 0 Å². The van der Waals surface area contributed by atoms with Crippen LogP contribution in [0.15, 0.2) is 36.4 Å². The predicted molar refractivity (Wildman–Crippen MR) is 79.6 cm³/mol. The first-order valence-electron chi connectivity index (χ1n) is 6.69. The number of carbonyl (C=O) groups is 1. The lowest BCUT2D eigenvalue weighted by molar-refractivity contribution is 0.102. The fourth-order valence-corrected chi connectivity index (χ4v) is 2.28. The van der Waals surface area contributed by atoms with Crippen molar-refractivity contribution in [2.75, 3.05) is 5.32 Å². The number of nitrogens with one attached hydrogen (secondary N) is 1. The summed E-state index contributed by atoms with van der Waals surface area (Å²) in [6, 6.07) is 10.1. The molecule has 0 spiro atoms. The van der Waals surface area contributed by atoms with E-state index in [1.165, 1.54) is 17.7 Å². The van der Waals surface area contributed by atoms with Crippen LogP contribution in [0.3, 0.4) is 0 Å². The van der Waals surface area contributed by atoms with E-state index in [-0.39, 0.29) is 5.56 Å². The molecule has 2 nitrogen and oxygen atoms in total. The molecule has 1 amide bonds. The van der Waals surface area contributed by atoms with Gasteiger partial charge in [-0.05, 0) is 49.1 Å². The Balaban J connectivity index is 2.31. The van der Waals surface area contributed by atoms with Crippen molar-refractivity contribution in [1.82, 2.24) is 0 Å². The van der Waals surface area contributed by atoms with Gasteiger partial charge in [0.2, 0.25) is 0 Å². The number of hydrogen-bond donors (Lipinski definition) is 1. The molecule has 0 aliphatic carbocycles. The first-order chi connectivity index (χ1) is 9.52. The van der Waals surface area contributed by atoms with Crippen molar-refractivity contribution in [3.8, 4) is 0 Å². The van der Waals surface area contributed by atoms with Crippen molar-refractivity contribution in [2.45, 2.75) is 27.2 Å². The summed E-state index contributed by atoms with van der Waals surface area (Å²) in [5.41, 5.74) is 4.03. The molecule has 1 N–H and O–H groups in total. The maximum Gasteiger partial charge on any atom is 0.258 e. The van der Waals surface area contributed by atoms with Gasteiger partial charge in [-0.25, -0.2) is 4.39 Å². The second-order valence-corrected chi connectivity index (χ2v) is 4.89. The minimum atomic E-state index is -0.509. The molecule has 0 aromatic heterocycles. The molecule has 0 saturated heterocycles. The highest BCUT2D eigenvalue weighted by molar-refractivity contribution is 6.05. The highest BCUT2D eigenvalue weighted by Crippen LogP contribution is 2.23. The standard InChI is InChI=1S/C17H18FNO/c1-4-13-9-11(2)16(12(3)10-13)19-17(20)14-7-5-6-8-15(14)18/h5-10H,4H2,1-3H3,(H,19,20). The smallest absolute Gasteiger partial charge is 0.258 e. The van der Waals surface area contributed by atoms with Crippen LogP contribution >= 0.6 is 0 Å². The molecular weight excluding hydrogens is 253 g/mol. The van der Waals surface area contributed by atoms with Crippen LogP contribution in [-0.2, 0) is 6.42 Å². The number of benzene rings is 2. The third-order valence-electron chi connectivity index (χ3n) is 3.36. The number of rotatable bonds is 3. The molecule has 0 fully saturated rings. The fraction of sp³-hybridized carbons (Fsp3) is 0.235. The van der Waals surface area contributed by atoms with Gasteiger partial charge < -0.3 is 5.32 Å². The maximum atomic E-state index is 13.6. The SMILES string of the molecule is CCc1cc(C)c(NC(=O)c2ccccc2F)c(C)c1. The zero-order chi connectivity index (χ0) is 14.7. The molecule has 0 radical (unpaired) electrons. The summed E-state index contributed by atoms with van der Waals surface area (Å²) in [7, 11) is 0. The van der Waals surface area contributed by atoms with Crippen LogP contribution in [0.4, 0.5) is 10.1 Å². The Kier molecular flexibility index (Phi) is 4.18. The van der Waals surface area contributed by atoms with Crippen LogP contribution in [0.2, 0.25) is 0 Å². The average Bonchev–Trinajstić information content (AvgIpc) is 2.42. The average molecular weight is 271 g/mol. The van der Waals surface area contributed by atoms with Gasteiger partial charge in [-0.1, -0.05) is 31.2 Å². The van der Waals surface area contributed by atoms with E-state index in [1.54, 1.807) is 12.1 Å². The van der Waals surface area contributed by atoms with Crippen LogP contribution in [-0.4, -0.2) is 5.91 Å². The molecule has 0 unspecified atom stereocenters. The fourth-order valence-electron chi connectivity index (χ4n) is 2.28. The summed E-state index contributed by atoms with van der Waals surface area (Å²) < 4.78 is 13.6. The molecule has 2 rings (SSSR count). The van der Waals surface area contributed by atoms with Crippen molar-refractivity contribution >= 4 is 11.6 Å². The van der Waals surface area contributed by atoms with E-state index in [0.29, 0.717) is 0 Å². The van der Waals surface area contributed by atoms with Gasteiger partial charge in [-0.2, -0.15) is 0 Å². The van der Waals surface area contributed by atoms with Gasteiger partial charge in [0.05, 0.1) is 5.56 Å². The lowest BCUT2D eigenvalue weighted by atomic mass is 10.0. The van der Waals surface area contributed by atoms with Gasteiger partial charge in [-0.3, -0.25) is 4.79 Å². The van der Waals surface area contributed by atoms with E-state index in [2.05, 4.69) is 12.2 Å². The quantitative estimate of drug-likeness (QED) is 0.888. The molecule has 0 aliphatic rings. The normalized spacial score (nSPS) is 10.4. The lowest BCUT2D eigenvalue weighted by Crippen LogP contribution is -2.15. The molecule has 0 bridgehead atoms. The van der Waals surface area contributed by atoms with Crippen LogP contribution < -0.4 is 5.32 Å². The Morgan fingerprint density at radius 1 is 1.15 bits per heavy atom. The first-order valence-corrected chi connectivity index (χ1v) is 6.69. The van der Waals surface area contributed by atoms with Gasteiger partial charge in [-0.15, -0.1) is 0 Å². The molecular formula is C17H18FNO. The van der Waals surface area contributed by atoms with Crippen molar-refractivity contribution < 1.29 is 9.18 Å². The summed E-state index contributed by atoms with van der Waals surface area (Å²) in [6.07, 6.45) is 0.948. The molecule has 0 aliphatic heterocycles. The van der Waals surface area contributed by atoms with Gasteiger partial charge in [0, 0.05) is 5.69 Å². The van der Waals surface area contributed by atoms with E-state index < -0.39 is 11.7 Å². The molecule has 0 heterocycles. The molecule has 0 atom stereocenters. The van der Waals surface area contributed by atoms with E-state index in [1.807, 2.05) is 26.0 Å². The molecule has 0 saturated carbocycles. The van der Waals surface area contributed by atoms with E-state index in [4.69, 9.17) is 0 Å². The topological polar surface area (TPSA) is 29.1 Å². The summed E-state index contributed by atoms with van der Waals surface area (Å²) in [4.78, 5) is 12.1. The third-order valence-corrected chi connectivity index (χ3v) is 3.36. The molecule has 3 heteroatoms. The number of halogens is 1. The summed E-state index contributed by atoms with van der Waals surface area (Å²) in [6.45, 7) is 5.98.